The quantitative estimate of drug-likeness (QED) is 0.688. The number of fused-ring (bicyclic) bond motifs is 1. The molecule has 1 aromatic heterocycles. The molecule has 150 valence electrons. The van der Waals surface area contributed by atoms with Crippen LogP contribution in [0.5, 0.6) is 5.75 Å². The number of hydrogen-bond donors (Lipinski definition) is 1. The zero-order valence-electron chi connectivity index (χ0n) is 16.2. The fourth-order valence-electron chi connectivity index (χ4n) is 3.39. The van der Waals surface area contributed by atoms with Gasteiger partial charge in [0.1, 0.15) is 5.75 Å². The highest BCUT2D eigenvalue weighted by Gasteiger charge is 2.23. The van der Waals surface area contributed by atoms with Crippen LogP contribution in [0.2, 0.25) is 5.02 Å². The Hall–Kier alpha value is -2.83. The van der Waals surface area contributed by atoms with Gasteiger partial charge in [0.05, 0.1) is 37.1 Å². The van der Waals surface area contributed by atoms with Crippen molar-refractivity contribution in [3.63, 3.8) is 0 Å². The summed E-state index contributed by atoms with van der Waals surface area (Å²) >= 11 is 6.24. The predicted octanol–water partition coefficient (Wildman–Crippen LogP) is 3.98. The number of amides is 1. The third kappa shape index (κ3) is 4.28. The van der Waals surface area contributed by atoms with Crippen molar-refractivity contribution in [2.45, 2.75) is 6.54 Å². The molecule has 0 bridgehead atoms. The Balaban J connectivity index is 1.69. The van der Waals surface area contributed by atoms with Crippen LogP contribution in [-0.2, 0) is 11.3 Å². The first-order valence-electron chi connectivity index (χ1n) is 9.48. The van der Waals surface area contributed by atoms with Crippen molar-refractivity contribution in [2.24, 2.45) is 0 Å². The van der Waals surface area contributed by atoms with Gasteiger partial charge < -0.3 is 19.7 Å². The molecular weight excluding hydrogens is 390 g/mol. The van der Waals surface area contributed by atoms with E-state index in [2.05, 4.69) is 10.3 Å². The van der Waals surface area contributed by atoms with Crippen LogP contribution in [0.4, 0.5) is 5.69 Å². The van der Waals surface area contributed by atoms with Crippen molar-refractivity contribution >= 4 is 34.1 Å². The monoisotopic (exact) mass is 411 g/mol. The largest absolute Gasteiger partial charge is 0.497 e. The molecule has 6 nitrogen and oxygen atoms in total. The first-order chi connectivity index (χ1) is 14.2. The minimum absolute atomic E-state index is 0.0556. The number of carbonyl (C=O) groups excluding carboxylic acids is 1. The number of rotatable bonds is 5. The van der Waals surface area contributed by atoms with Gasteiger partial charge in [0.15, 0.2) is 0 Å². The smallest absolute Gasteiger partial charge is 0.257 e. The van der Waals surface area contributed by atoms with Crippen LogP contribution >= 0.6 is 11.6 Å². The highest BCUT2D eigenvalue weighted by molar-refractivity contribution is 6.31. The van der Waals surface area contributed by atoms with Gasteiger partial charge in [-0.25, -0.2) is 0 Å². The Bertz CT molecular complexity index is 1020. The molecule has 0 unspecified atom stereocenters. The van der Waals surface area contributed by atoms with Gasteiger partial charge in [0.25, 0.3) is 5.91 Å². The van der Waals surface area contributed by atoms with Crippen molar-refractivity contribution in [1.82, 2.24) is 9.88 Å². The summed E-state index contributed by atoms with van der Waals surface area (Å²) in [6.45, 7) is 2.80. The van der Waals surface area contributed by atoms with Gasteiger partial charge in [0, 0.05) is 36.2 Å². The van der Waals surface area contributed by atoms with E-state index in [0.29, 0.717) is 43.4 Å². The van der Waals surface area contributed by atoms with E-state index in [1.54, 1.807) is 24.3 Å². The topological polar surface area (TPSA) is 63.7 Å². The normalized spacial score (nSPS) is 14.1. The van der Waals surface area contributed by atoms with Crippen LogP contribution in [0, 0.1) is 0 Å². The Morgan fingerprint density at radius 3 is 2.69 bits per heavy atom. The number of anilines is 1. The van der Waals surface area contributed by atoms with E-state index < -0.39 is 0 Å². The molecule has 1 saturated heterocycles. The average Bonchev–Trinajstić information content (AvgIpc) is 2.77. The maximum atomic E-state index is 13.2. The van der Waals surface area contributed by atoms with E-state index in [1.807, 2.05) is 36.4 Å². The van der Waals surface area contributed by atoms with E-state index >= 15 is 0 Å². The standard InChI is InChI=1S/C22H22ClN3O3/c1-28-17-5-2-15(3-6-17)13-25-21-18-12-16(23)4-7-20(18)24-14-19(21)22(27)26-8-10-29-11-9-26/h2-7,12,14H,8-11,13H2,1H3,(H,24,25). The Kier molecular flexibility index (Phi) is 5.83. The highest BCUT2D eigenvalue weighted by Crippen LogP contribution is 2.30. The number of halogens is 1. The molecule has 3 aromatic rings. The molecule has 1 N–H and O–H groups in total. The van der Waals surface area contributed by atoms with Crippen LogP contribution in [0.3, 0.4) is 0 Å². The molecule has 7 heteroatoms. The highest BCUT2D eigenvalue weighted by atomic mass is 35.5. The predicted molar refractivity (Wildman–Crippen MR) is 114 cm³/mol. The van der Waals surface area contributed by atoms with Gasteiger partial charge in [-0.15, -0.1) is 0 Å². The van der Waals surface area contributed by atoms with Crippen LogP contribution in [0.15, 0.2) is 48.7 Å². The summed E-state index contributed by atoms with van der Waals surface area (Å²) in [6, 6.07) is 13.3. The van der Waals surface area contributed by atoms with Gasteiger partial charge >= 0.3 is 0 Å². The summed E-state index contributed by atoms with van der Waals surface area (Å²) in [5.41, 5.74) is 3.13. The lowest BCUT2D eigenvalue weighted by molar-refractivity contribution is 0.0303. The third-order valence-electron chi connectivity index (χ3n) is 4.99. The Morgan fingerprint density at radius 1 is 1.21 bits per heavy atom. The average molecular weight is 412 g/mol. The molecule has 0 aliphatic carbocycles. The number of pyridine rings is 1. The number of methoxy groups -OCH3 is 1. The minimum Gasteiger partial charge on any atom is -0.497 e. The number of nitrogens with zero attached hydrogens (tertiary/aromatic N) is 2. The van der Waals surface area contributed by atoms with Gasteiger partial charge in [0.2, 0.25) is 0 Å². The number of benzene rings is 2. The molecule has 1 fully saturated rings. The van der Waals surface area contributed by atoms with Crippen LogP contribution < -0.4 is 10.1 Å². The second kappa shape index (κ2) is 8.68. The summed E-state index contributed by atoms with van der Waals surface area (Å²) in [5.74, 6) is 0.748. The molecule has 2 heterocycles. The van der Waals surface area contributed by atoms with Crippen molar-refractivity contribution in [2.75, 3.05) is 38.7 Å². The molecule has 29 heavy (non-hydrogen) atoms. The maximum absolute atomic E-state index is 13.2. The zero-order valence-corrected chi connectivity index (χ0v) is 16.9. The molecule has 0 atom stereocenters. The molecule has 1 amide bonds. The lowest BCUT2D eigenvalue weighted by atomic mass is 10.1. The first kappa shape index (κ1) is 19.5. The lowest BCUT2D eigenvalue weighted by Gasteiger charge is -2.28. The van der Waals surface area contributed by atoms with E-state index in [0.717, 1.165) is 27.9 Å². The van der Waals surface area contributed by atoms with Crippen molar-refractivity contribution in [3.8, 4) is 5.75 Å². The van der Waals surface area contributed by atoms with E-state index in [-0.39, 0.29) is 5.91 Å². The summed E-state index contributed by atoms with van der Waals surface area (Å²) in [4.78, 5) is 19.5. The van der Waals surface area contributed by atoms with Gasteiger partial charge in [-0.05, 0) is 35.9 Å². The van der Waals surface area contributed by atoms with Crippen molar-refractivity contribution in [3.05, 3.63) is 64.8 Å². The van der Waals surface area contributed by atoms with Crippen molar-refractivity contribution in [1.29, 1.82) is 0 Å². The summed E-state index contributed by atoms with van der Waals surface area (Å²) in [6.07, 6.45) is 1.64. The van der Waals surface area contributed by atoms with Crippen LogP contribution in [0.25, 0.3) is 10.9 Å². The molecule has 1 aliphatic rings. The molecule has 0 radical (unpaired) electrons. The van der Waals surface area contributed by atoms with E-state index in [4.69, 9.17) is 21.1 Å². The lowest BCUT2D eigenvalue weighted by Crippen LogP contribution is -2.41. The summed E-state index contributed by atoms with van der Waals surface area (Å²) in [5, 5.41) is 4.86. The molecule has 1 aliphatic heterocycles. The number of morpholine rings is 1. The van der Waals surface area contributed by atoms with Crippen LogP contribution in [-0.4, -0.2) is 49.2 Å². The van der Waals surface area contributed by atoms with Gasteiger partial charge in [-0.2, -0.15) is 0 Å². The Labute approximate surface area is 174 Å². The van der Waals surface area contributed by atoms with Gasteiger partial charge in [-0.3, -0.25) is 9.78 Å². The molecular formula is C22H22ClN3O3. The number of carbonyl (C=O) groups is 1. The third-order valence-corrected chi connectivity index (χ3v) is 5.22. The van der Waals surface area contributed by atoms with E-state index in [1.165, 1.54) is 0 Å². The van der Waals surface area contributed by atoms with Crippen LogP contribution in [0.1, 0.15) is 15.9 Å². The number of ether oxygens (including phenoxy) is 2. The SMILES string of the molecule is COc1ccc(CNc2c(C(=O)N3CCOCC3)cnc3ccc(Cl)cc23)cc1. The molecule has 4 rings (SSSR count). The summed E-state index contributed by atoms with van der Waals surface area (Å²) < 4.78 is 10.6. The maximum Gasteiger partial charge on any atom is 0.257 e. The second-order valence-electron chi connectivity index (χ2n) is 6.81. The molecule has 0 spiro atoms. The fraction of sp³-hybridized carbons (Fsp3) is 0.273. The first-order valence-corrected chi connectivity index (χ1v) is 9.85. The number of nitrogens with one attached hydrogen (secondary N) is 1. The minimum atomic E-state index is -0.0556. The second-order valence-corrected chi connectivity index (χ2v) is 7.25. The Morgan fingerprint density at radius 2 is 1.97 bits per heavy atom. The zero-order chi connectivity index (χ0) is 20.2. The van der Waals surface area contributed by atoms with Gasteiger partial charge in [-0.1, -0.05) is 23.7 Å². The van der Waals surface area contributed by atoms with E-state index in [9.17, 15) is 4.79 Å². The number of hydrogen-bond acceptors (Lipinski definition) is 5. The number of aromatic nitrogens is 1. The molecule has 2 aromatic carbocycles. The molecule has 0 saturated carbocycles. The van der Waals surface area contributed by atoms with Crippen molar-refractivity contribution < 1.29 is 14.3 Å². The fourth-order valence-corrected chi connectivity index (χ4v) is 3.56. The summed E-state index contributed by atoms with van der Waals surface area (Å²) in [7, 11) is 1.64.